The molecule has 2 aromatic rings. The van der Waals surface area contributed by atoms with E-state index in [2.05, 4.69) is 31.9 Å². The van der Waals surface area contributed by atoms with E-state index >= 15 is 0 Å². The molecule has 0 aromatic heterocycles. The number of hydrogen-bond acceptors (Lipinski definition) is 3. The fraction of sp³-hybridized carbons (Fsp3) is 0.250. The lowest BCUT2D eigenvalue weighted by molar-refractivity contribution is -0.138. The zero-order valence-electron chi connectivity index (χ0n) is 13.4. The summed E-state index contributed by atoms with van der Waals surface area (Å²) >= 11 is 5.70. The van der Waals surface area contributed by atoms with Crippen LogP contribution >= 0.6 is 31.9 Å². The molecule has 0 radical (unpaired) electrons. The number of aliphatic hydroxyl groups excluding tert-OH is 1. The molecule has 0 atom stereocenters. The van der Waals surface area contributed by atoms with E-state index in [0.717, 1.165) is 36.4 Å². The molecule has 0 aliphatic heterocycles. The average Bonchev–Trinajstić information content (AvgIpc) is 2.56. The maximum atomic E-state index is 12.1. The second-order valence-corrected chi connectivity index (χ2v) is 5.40. The highest BCUT2D eigenvalue weighted by molar-refractivity contribution is 9.09. The van der Waals surface area contributed by atoms with Crippen molar-refractivity contribution in [1.82, 2.24) is 0 Å². The van der Waals surface area contributed by atoms with Crippen molar-refractivity contribution in [3.05, 3.63) is 59.7 Å². The molecule has 0 bridgehead atoms. The van der Waals surface area contributed by atoms with Crippen molar-refractivity contribution in [2.24, 2.45) is 0 Å². The zero-order valence-corrected chi connectivity index (χ0v) is 16.5. The molecule has 0 saturated heterocycles. The van der Waals surface area contributed by atoms with Gasteiger partial charge in [-0.2, -0.15) is 26.3 Å². The molecule has 2 N–H and O–H groups in total. The lowest BCUT2D eigenvalue weighted by Gasteiger charge is -2.07. The third kappa shape index (κ3) is 11.1. The highest BCUT2D eigenvalue weighted by Gasteiger charge is 2.30. The second-order valence-electron chi connectivity index (χ2n) is 4.44. The summed E-state index contributed by atoms with van der Waals surface area (Å²) in [6, 6.07) is 8.19. The van der Waals surface area contributed by atoms with Crippen molar-refractivity contribution in [3.63, 3.8) is 0 Å². The molecule has 0 aliphatic rings. The number of aliphatic hydroxyl groups is 1. The molecule has 0 heterocycles. The van der Waals surface area contributed by atoms with Crippen LogP contribution in [0.25, 0.3) is 0 Å². The minimum absolute atomic E-state index is 0.0625. The number of hydrogen-bond donors (Lipinski definition) is 2. The summed E-state index contributed by atoms with van der Waals surface area (Å²) in [5, 5.41) is 16.1. The van der Waals surface area contributed by atoms with Gasteiger partial charge in [-0.05, 0) is 64.5 Å². The normalized spacial score (nSPS) is 10.9. The van der Waals surface area contributed by atoms with Gasteiger partial charge in [0.05, 0.1) is 16.6 Å². The maximum absolute atomic E-state index is 12.1. The van der Waals surface area contributed by atoms with E-state index in [0.29, 0.717) is 5.75 Å². The number of phenolic OH excluding ortho intramolecular Hbond substituents is 1. The van der Waals surface area contributed by atoms with E-state index in [1.807, 2.05) is 0 Å². The molecule has 3 nitrogen and oxygen atoms in total. The van der Waals surface area contributed by atoms with Crippen molar-refractivity contribution in [3.8, 4) is 11.5 Å². The van der Waals surface area contributed by atoms with Crippen LogP contribution in [-0.4, -0.2) is 21.2 Å². The van der Waals surface area contributed by atoms with Crippen LogP contribution in [0.2, 0.25) is 0 Å². The fourth-order valence-electron chi connectivity index (χ4n) is 1.45. The van der Waals surface area contributed by atoms with Crippen LogP contribution < -0.4 is 4.74 Å². The molecule has 2 aromatic carbocycles. The Balaban J connectivity index is 0.000000442. The van der Waals surface area contributed by atoms with Crippen LogP contribution in [0.5, 0.6) is 11.5 Å². The van der Waals surface area contributed by atoms with Gasteiger partial charge in [0, 0.05) is 0 Å². The maximum Gasteiger partial charge on any atom is 0.416 e. The molecule has 152 valence electrons. The van der Waals surface area contributed by atoms with Gasteiger partial charge in [-0.15, -0.1) is 0 Å². The van der Waals surface area contributed by atoms with E-state index in [4.69, 9.17) is 14.9 Å². The number of benzene rings is 2. The number of halogens is 8. The molecule has 0 amide bonds. The minimum atomic E-state index is -4.33. The Labute approximate surface area is 167 Å². The third-order valence-electron chi connectivity index (χ3n) is 2.60. The number of ether oxygens (including phenoxy) is 1. The first-order chi connectivity index (χ1) is 12.5. The standard InChI is InChI=1S/C8H6BrF3O.C7H5F3O.CH3BrO/c9-5-13-7-3-1-6(2-4-7)8(10,11)12;8-7(9,10)5-1-3-6(11)4-2-5;2-1-3/h1-4H,5H2;1-4,11H;3H,1H2. The highest BCUT2D eigenvalue weighted by atomic mass is 79.9. The average molecular weight is 528 g/mol. The monoisotopic (exact) mass is 526 g/mol. The molecule has 0 unspecified atom stereocenters. The summed E-state index contributed by atoms with van der Waals surface area (Å²) in [6.07, 6.45) is -8.61. The Morgan fingerprint density at radius 2 is 1.07 bits per heavy atom. The molecule has 11 heteroatoms. The molecule has 0 saturated carbocycles. The summed E-state index contributed by atoms with van der Waals surface area (Å²) in [6.45, 7) is 0. The van der Waals surface area contributed by atoms with Crippen molar-refractivity contribution in [2.75, 3.05) is 11.0 Å². The van der Waals surface area contributed by atoms with Crippen LogP contribution in [0.1, 0.15) is 11.1 Å². The molecule has 27 heavy (non-hydrogen) atoms. The van der Waals surface area contributed by atoms with Gasteiger partial charge in [0.25, 0.3) is 0 Å². The van der Waals surface area contributed by atoms with E-state index in [1.54, 1.807) is 0 Å². The van der Waals surface area contributed by atoms with Gasteiger partial charge >= 0.3 is 12.4 Å². The van der Waals surface area contributed by atoms with E-state index in [9.17, 15) is 26.3 Å². The smallest absolute Gasteiger partial charge is 0.416 e. The third-order valence-corrected chi connectivity index (χ3v) is 2.83. The second kappa shape index (κ2) is 12.1. The van der Waals surface area contributed by atoms with Crippen LogP contribution in [0.15, 0.2) is 48.5 Å². The molecule has 0 aliphatic carbocycles. The van der Waals surface area contributed by atoms with Gasteiger partial charge in [-0.3, -0.25) is 0 Å². The zero-order chi connectivity index (χ0) is 21.1. The molecule has 0 spiro atoms. The van der Waals surface area contributed by atoms with Crippen molar-refractivity contribution < 1.29 is 41.3 Å². The first kappa shape index (κ1) is 25.5. The summed E-state index contributed by atoms with van der Waals surface area (Å²) in [5.74, 6) is 0.239. The van der Waals surface area contributed by atoms with E-state index in [-0.39, 0.29) is 16.8 Å². The van der Waals surface area contributed by atoms with Crippen molar-refractivity contribution in [1.29, 1.82) is 0 Å². The van der Waals surface area contributed by atoms with Gasteiger partial charge in [-0.25, -0.2) is 0 Å². The Kier molecular flexibility index (Phi) is 11.4. The lowest BCUT2D eigenvalue weighted by Crippen LogP contribution is -2.04. The van der Waals surface area contributed by atoms with Gasteiger partial charge in [0.1, 0.15) is 17.0 Å². The summed E-state index contributed by atoms with van der Waals surface area (Å²) in [4.78, 5) is 0. The van der Waals surface area contributed by atoms with Crippen LogP contribution in [0.4, 0.5) is 26.3 Å². The summed E-state index contributed by atoms with van der Waals surface area (Å²) < 4.78 is 76.6. The molecular weight excluding hydrogens is 514 g/mol. The summed E-state index contributed by atoms with van der Waals surface area (Å²) in [7, 11) is 0. The highest BCUT2D eigenvalue weighted by Crippen LogP contribution is 2.30. The molecular formula is C16H14Br2F6O3. The van der Waals surface area contributed by atoms with Crippen LogP contribution in [-0.2, 0) is 12.4 Å². The number of rotatable bonds is 2. The first-order valence-corrected chi connectivity index (χ1v) is 9.09. The lowest BCUT2D eigenvalue weighted by atomic mass is 10.2. The van der Waals surface area contributed by atoms with Crippen LogP contribution in [0.3, 0.4) is 0 Å². The van der Waals surface area contributed by atoms with Crippen molar-refractivity contribution >= 4 is 31.9 Å². The minimum Gasteiger partial charge on any atom is -0.508 e. The Morgan fingerprint density at radius 3 is 1.37 bits per heavy atom. The number of alkyl halides is 8. The number of aromatic hydroxyl groups is 1. The largest absolute Gasteiger partial charge is 0.508 e. The number of phenols is 1. The Bertz CT molecular complexity index is 643. The molecule has 2 rings (SSSR count). The van der Waals surface area contributed by atoms with Crippen LogP contribution in [0, 0.1) is 0 Å². The van der Waals surface area contributed by atoms with E-state index in [1.165, 1.54) is 12.1 Å². The quantitative estimate of drug-likeness (QED) is 0.362. The topological polar surface area (TPSA) is 49.7 Å². The predicted octanol–water partition coefficient (Wildman–Crippen LogP) is 6.18. The first-order valence-electron chi connectivity index (χ1n) is 6.84. The fourth-order valence-corrected chi connectivity index (χ4v) is 1.72. The predicted molar refractivity (Wildman–Crippen MR) is 95.0 cm³/mol. The van der Waals surface area contributed by atoms with Gasteiger partial charge in [0.15, 0.2) is 0 Å². The Morgan fingerprint density at radius 1 is 0.741 bits per heavy atom. The Hall–Kier alpha value is -1.46. The van der Waals surface area contributed by atoms with Gasteiger partial charge in [-0.1, -0.05) is 15.9 Å². The van der Waals surface area contributed by atoms with Gasteiger partial charge < -0.3 is 14.9 Å². The van der Waals surface area contributed by atoms with E-state index < -0.39 is 23.5 Å². The van der Waals surface area contributed by atoms with Gasteiger partial charge in [0.2, 0.25) is 0 Å². The molecule has 0 fully saturated rings. The SMILES string of the molecule is FC(F)(F)c1ccc(OCBr)cc1.OCBr.Oc1ccc(C(F)(F)F)cc1. The summed E-state index contributed by atoms with van der Waals surface area (Å²) in [5.41, 5.74) is -1.10. The van der Waals surface area contributed by atoms with Crippen molar-refractivity contribution in [2.45, 2.75) is 12.4 Å².